The first-order valence-electron chi connectivity index (χ1n) is 5.77. The number of benzene rings is 1. The second-order valence-electron chi connectivity index (χ2n) is 4.06. The third kappa shape index (κ3) is 2.41. The van der Waals surface area contributed by atoms with Crippen LogP contribution in [0.25, 0.3) is 0 Å². The minimum atomic E-state index is 0.00227. The molecule has 2 heteroatoms. The molecule has 2 aromatic rings. The van der Waals surface area contributed by atoms with Gasteiger partial charge in [-0.15, -0.1) is 0 Å². The fourth-order valence-electron chi connectivity index (χ4n) is 1.77. The minimum Gasteiger partial charge on any atom is -0.287 e. The zero-order valence-corrected chi connectivity index (χ0v) is 10.1. The molecule has 1 aromatic carbocycles. The number of aromatic nitrogens is 1. The van der Waals surface area contributed by atoms with Gasteiger partial charge in [-0.05, 0) is 25.0 Å². The predicted octanol–water partition coefficient (Wildman–Crippen LogP) is 3.18. The highest BCUT2D eigenvalue weighted by Crippen LogP contribution is 2.13. The van der Waals surface area contributed by atoms with Gasteiger partial charge in [0.2, 0.25) is 5.78 Å². The van der Waals surface area contributed by atoms with Crippen LogP contribution in [0.1, 0.15) is 34.1 Å². The van der Waals surface area contributed by atoms with Crippen LogP contribution in [0.5, 0.6) is 0 Å². The molecule has 0 aliphatic rings. The molecular formula is C15H15NO. The molecule has 0 unspecified atom stereocenters. The van der Waals surface area contributed by atoms with Crippen LogP contribution in [0, 0.1) is 6.92 Å². The second kappa shape index (κ2) is 4.91. The van der Waals surface area contributed by atoms with Gasteiger partial charge in [0.05, 0.1) is 0 Å². The Kier molecular flexibility index (Phi) is 3.33. The van der Waals surface area contributed by atoms with E-state index in [0.29, 0.717) is 11.3 Å². The van der Waals surface area contributed by atoms with Crippen LogP contribution < -0.4 is 0 Å². The molecule has 17 heavy (non-hydrogen) atoms. The van der Waals surface area contributed by atoms with E-state index in [2.05, 4.69) is 4.98 Å². The lowest BCUT2D eigenvalue weighted by molar-refractivity contribution is 0.103. The van der Waals surface area contributed by atoms with Crippen LogP contribution in [-0.4, -0.2) is 10.8 Å². The summed E-state index contributed by atoms with van der Waals surface area (Å²) in [6.45, 7) is 4.04. The Balaban J connectivity index is 2.40. The maximum absolute atomic E-state index is 12.3. The van der Waals surface area contributed by atoms with Crippen molar-refractivity contribution in [3.63, 3.8) is 0 Å². The molecule has 0 radical (unpaired) electrons. The maximum Gasteiger partial charge on any atom is 0.211 e. The topological polar surface area (TPSA) is 30.0 Å². The summed E-state index contributed by atoms with van der Waals surface area (Å²) in [4.78, 5) is 16.5. The lowest BCUT2D eigenvalue weighted by Crippen LogP contribution is -2.07. The lowest BCUT2D eigenvalue weighted by atomic mass is 10.0. The molecule has 0 spiro atoms. The van der Waals surface area contributed by atoms with Crippen molar-refractivity contribution in [2.24, 2.45) is 0 Å². The van der Waals surface area contributed by atoms with Crippen molar-refractivity contribution in [1.29, 1.82) is 0 Å². The summed E-state index contributed by atoms with van der Waals surface area (Å²) in [5.41, 5.74) is 3.42. The Morgan fingerprint density at radius 2 is 1.88 bits per heavy atom. The highest BCUT2D eigenvalue weighted by molar-refractivity contribution is 6.08. The van der Waals surface area contributed by atoms with Gasteiger partial charge in [-0.1, -0.05) is 42.8 Å². The first-order chi connectivity index (χ1) is 8.22. The van der Waals surface area contributed by atoms with Gasteiger partial charge in [0.1, 0.15) is 5.69 Å². The first kappa shape index (κ1) is 11.5. The van der Waals surface area contributed by atoms with E-state index in [1.54, 1.807) is 6.20 Å². The van der Waals surface area contributed by atoms with E-state index in [9.17, 15) is 4.79 Å². The number of hydrogen-bond donors (Lipinski definition) is 0. The Hall–Kier alpha value is -1.96. The molecule has 2 rings (SSSR count). The van der Waals surface area contributed by atoms with Crippen LogP contribution in [0.15, 0.2) is 42.6 Å². The van der Waals surface area contributed by atoms with Crippen LogP contribution >= 0.6 is 0 Å². The third-order valence-electron chi connectivity index (χ3n) is 2.80. The summed E-state index contributed by atoms with van der Waals surface area (Å²) in [5.74, 6) is 0.00227. The van der Waals surface area contributed by atoms with E-state index >= 15 is 0 Å². The number of pyridine rings is 1. The smallest absolute Gasteiger partial charge is 0.211 e. The standard InChI is InChI=1S/C15H15NO/c1-3-12-5-4-10-16-14(12)15(17)13-8-6-11(2)7-9-13/h4-10H,3H2,1-2H3. The molecular weight excluding hydrogens is 210 g/mol. The summed E-state index contributed by atoms with van der Waals surface area (Å²) in [6.07, 6.45) is 2.49. The quantitative estimate of drug-likeness (QED) is 0.751. The van der Waals surface area contributed by atoms with E-state index in [4.69, 9.17) is 0 Å². The monoisotopic (exact) mass is 225 g/mol. The van der Waals surface area contributed by atoms with E-state index in [1.807, 2.05) is 50.2 Å². The SMILES string of the molecule is CCc1cccnc1C(=O)c1ccc(C)cc1. The fraction of sp³-hybridized carbons (Fsp3) is 0.200. The number of aryl methyl sites for hydroxylation is 2. The summed E-state index contributed by atoms with van der Waals surface area (Å²) >= 11 is 0. The summed E-state index contributed by atoms with van der Waals surface area (Å²) in [7, 11) is 0. The molecule has 0 aliphatic carbocycles. The molecule has 0 saturated heterocycles. The molecule has 0 N–H and O–H groups in total. The van der Waals surface area contributed by atoms with Gasteiger partial charge in [-0.3, -0.25) is 9.78 Å². The molecule has 0 bridgehead atoms. The van der Waals surface area contributed by atoms with Crippen molar-refractivity contribution in [2.45, 2.75) is 20.3 Å². The fourth-order valence-corrected chi connectivity index (χ4v) is 1.77. The summed E-state index contributed by atoms with van der Waals surface area (Å²) in [6, 6.07) is 11.4. The number of carbonyl (C=O) groups is 1. The van der Waals surface area contributed by atoms with Gasteiger partial charge in [-0.2, -0.15) is 0 Å². The summed E-state index contributed by atoms with van der Waals surface area (Å²) < 4.78 is 0. The van der Waals surface area contributed by atoms with Gasteiger partial charge >= 0.3 is 0 Å². The van der Waals surface area contributed by atoms with Crippen LogP contribution in [-0.2, 0) is 6.42 Å². The van der Waals surface area contributed by atoms with E-state index in [0.717, 1.165) is 17.5 Å². The molecule has 86 valence electrons. The average molecular weight is 225 g/mol. The Bertz CT molecular complexity index is 529. The molecule has 0 atom stereocenters. The van der Waals surface area contributed by atoms with Crippen LogP contribution in [0.2, 0.25) is 0 Å². The van der Waals surface area contributed by atoms with Gasteiger partial charge in [0.25, 0.3) is 0 Å². The van der Waals surface area contributed by atoms with Crippen LogP contribution in [0.4, 0.5) is 0 Å². The van der Waals surface area contributed by atoms with Crippen molar-refractivity contribution in [1.82, 2.24) is 4.98 Å². The molecule has 2 nitrogen and oxygen atoms in total. The zero-order valence-electron chi connectivity index (χ0n) is 10.1. The van der Waals surface area contributed by atoms with E-state index < -0.39 is 0 Å². The number of rotatable bonds is 3. The van der Waals surface area contributed by atoms with Crippen molar-refractivity contribution in [3.05, 3.63) is 65.0 Å². The molecule has 0 fully saturated rings. The highest BCUT2D eigenvalue weighted by atomic mass is 16.1. The lowest BCUT2D eigenvalue weighted by Gasteiger charge is -2.05. The van der Waals surface area contributed by atoms with Crippen molar-refractivity contribution in [2.75, 3.05) is 0 Å². The predicted molar refractivity (Wildman–Crippen MR) is 68.2 cm³/mol. The van der Waals surface area contributed by atoms with Gasteiger partial charge in [0, 0.05) is 11.8 Å². The second-order valence-corrected chi connectivity index (χ2v) is 4.06. The third-order valence-corrected chi connectivity index (χ3v) is 2.80. The average Bonchev–Trinajstić information content (AvgIpc) is 2.39. The Labute approximate surface area is 101 Å². The first-order valence-corrected chi connectivity index (χ1v) is 5.77. The number of carbonyl (C=O) groups excluding carboxylic acids is 1. The Morgan fingerprint density at radius 3 is 2.53 bits per heavy atom. The molecule has 1 heterocycles. The molecule has 0 saturated carbocycles. The normalized spacial score (nSPS) is 10.2. The summed E-state index contributed by atoms with van der Waals surface area (Å²) in [5, 5.41) is 0. The van der Waals surface area contributed by atoms with Crippen molar-refractivity contribution >= 4 is 5.78 Å². The van der Waals surface area contributed by atoms with Gasteiger partial charge in [-0.25, -0.2) is 0 Å². The van der Waals surface area contributed by atoms with Gasteiger partial charge < -0.3 is 0 Å². The largest absolute Gasteiger partial charge is 0.287 e. The van der Waals surface area contributed by atoms with Crippen LogP contribution in [0.3, 0.4) is 0 Å². The number of nitrogens with zero attached hydrogens (tertiary/aromatic N) is 1. The maximum atomic E-state index is 12.3. The van der Waals surface area contributed by atoms with Gasteiger partial charge in [0.15, 0.2) is 0 Å². The molecule has 0 amide bonds. The highest BCUT2D eigenvalue weighted by Gasteiger charge is 2.13. The number of hydrogen-bond acceptors (Lipinski definition) is 2. The van der Waals surface area contributed by atoms with Crippen molar-refractivity contribution in [3.8, 4) is 0 Å². The number of ketones is 1. The molecule has 1 aromatic heterocycles. The molecule has 0 aliphatic heterocycles. The van der Waals surface area contributed by atoms with E-state index in [1.165, 1.54) is 0 Å². The Morgan fingerprint density at radius 1 is 1.18 bits per heavy atom. The zero-order chi connectivity index (χ0) is 12.3. The minimum absolute atomic E-state index is 0.00227. The van der Waals surface area contributed by atoms with E-state index in [-0.39, 0.29) is 5.78 Å². The van der Waals surface area contributed by atoms with Crippen molar-refractivity contribution < 1.29 is 4.79 Å².